The highest BCUT2D eigenvalue weighted by Gasteiger charge is 2.23. The van der Waals surface area contributed by atoms with Gasteiger partial charge < -0.3 is 16.2 Å². The number of hydrogen-bond acceptors (Lipinski definition) is 4. The second kappa shape index (κ2) is 4.49. The van der Waals surface area contributed by atoms with Gasteiger partial charge >= 0.3 is 0 Å². The molecule has 2 rings (SSSR count). The maximum atomic E-state index is 9.79. The van der Waals surface area contributed by atoms with E-state index in [0.717, 1.165) is 25.7 Å². The van der Waals surface area contributed by atoms with Crippen molar-refractivity contribution in [1.82, 2.24) is 4.98 Å². The van der Waals surface area contributed by atoms with Gasteiger partial charge in [0.2, 0.25) is 0 Å². The van der Waals surface area contributed by atoms with Gasteiger partial charge in [-0.3, -0.25) is 0 Å². The van der Waals surface area contributed by atoms with Crippen LogP contribution >= 0.6 is 0 Å². The molecule has 2 unspecified atom stereocenters. The number of rotatable bonds is 2. The molecule has 1 saturated carbocycles. The Morgan fingerprint density at radius 3 is 2.93 bits per heavy atom. The molecular formula is C11H17N3O. The Bertz CT molecular complexity index is 329. The molecule has 15 heavy (non-hydrogen) atoms. The third-order valence-electron chi connectivity index (χ3n) is 2.89. The Kier molecular flexibility index (Phi) is 3.06. The normalized spacial score (nSPS) is 26.2. The summed E-state index contributed by atoms with van der Waals surface area (Å²) in [5.74, 6) is 0.684. The third-order valence-corrected chi connectivity index (χ3v) is 2.89. The Balaban J connectivity index is 2.04. The number of aliphatic hydroxyl groups excluding tert-OH is 1. The van der Waals surface area contributed by atoms with Crippen molar-refractivity contribution in [2.75, 3.05) is 11.1 Å². The van der Waals surface area contributed by atoms with Crippen molar-refractivity contribution >= 4 is 11.5 Å². The molecule has 82 valence electrons. The number of hydrogen-bond donors (Lipinski definition) is 3. The Morgan fingerprint density at radius 2 is 2.20 bits per heavy atom. The molecule has 4 heteroatoms. The second-order valence-electron chi connectivity index (χ2n) is 4.04. The van der Waals surface area contributed by atoms with E-state index in [1.807, 2.05) is 6.07 Å². The van der Waals surface area contributed by atoms with Crippen LogP contribution in [-0.4, -0.2) is 22.2 Å². The molecule has 2 atom stereocenters. The highest BCUT2D eigenvalue weighted by molar-refractivity contribution is 5.60. The predicted octanol–water partition coefficient (Wildman–Crippen LogP) is 1.38. The molecular weight excluding hydrogens is 190 g/mol. The van der Waals surface area contributed by atoms with Crippen molar-refractivity contribution in [3.05, 3.63) is 18.3 Å². The van der Waals surface area contributed by atoms with Crippen LogP contribution in [0.2, 0.25) is 0 Å². The van der Waals surface area contributed by atoms with E-state index >= 15 is 0 Å². The standard InChI is InChI=1S/C11H17N3O/c12-8-4-3-7-13-11(8)14-9-5-1-2-6-10(9)15/h3-4,7,9-10,15H,1-2,5-6,12H2,(H,13,14). The van der Waals surface area contributed by atoms with Gasteiger partial charge in [0.1, 0.15) is 5.82 Å². The molecule has 0 radical (unpaired) electrons. The zero-order valence-corrected chi connectivity index (χ0v) is 8.69. The van der Waals surface area contributed by atoms with E-state index in [-0.39, 0.29) is 12.1 Å². The van der Waals surface area contributed by atoms with Crippen molar-refractivity contribution < 1.29 is 5.11 Å². The molecule has 4 nitrogen and oxygen atoms in total. The largest absolute Gasteiger partial charge is 0.396 e. The highest BCUT2D eigenvalue weighted by atomic mass is 16.3. The van der Waals surface area contributed by atoms with Crippen molar-refractivity contribution in [2.24, 2.45) is 0 Å². The van der Waals surface area contributed by atoms with Crippen LogP contribution < -0.4 is 11.1 Å². The molecule has 1 aromatic rings. The minimum Gasteiger partial charge on any atom is -0.396 e. The zero-order chi connectivity index (χ0) is 10.7. The number of nitrogens with two attached hydrogens (primary N) is 1. The molecule has 1 heterocycles. The third kappa shape index (κ3) is 2.39. The smallest absolute Gasteiger partial charge is 0.149 e. The fourth-order valence-corrected chi connectivity index (χ4v) is 1.99. The highest BCUT2D eigenvalue weighted by Crippen LogP contribution is 2.23. The molecule has 0 aliphatic heterocycles. The summed E-state index contributed by atoms with van der Waals surface area (Å²) in [5.41, 5.74) is 6.41. The molecule has 0 bridgehead atoms. The first-order valence-electron chi connectivity index (χ1n) is 5.42. The monoisotopic (exact) mass is 207 g/mol. The van der Waals surface area contributed by atoms with E-state index in [4.69, 9.17) is 5.73 Å². The van der Waals surface area contributed by atoms with Crippen molar-refractivity contribution in [1.29, 1.82) is 0 Å². The van der Waals surface area contributed by atoms with Gasteiger partial charge in [-0.05, 0) is 25.0 Å². The molecule has 0 saturated heterocycles. The average molecular weight is 207 g/mol. The lowest BCUT2D eigenvalue weighted by molar-refractivity contribution is 0.116. The molecule has 0 spiro atoms. The molecule has 1 fully saturated rings. The van der Waals surface area contributed by atoms with Crippen LogP contribution in [0.1, 0.15) is 25.7 Å². The Hall–Kier alpha value is -1.29. The summed E-state index contributed by atoms with van der Waals surface area (Å²) in [6.45, 7) is 0. The number of pyridine rings is 1. The molecule has 4 N–H and O–H groups in total. The first-order valence-corrected chi connectivity index (χ1v) is 5.42. The summed E-state index contributed by atoms with van der Waals surface area (Å²) in [4.78, 5) is 4.16. The Morgan fingerprint density at radius 1 is 1.40 bits per heavy atom. The number of aromatic nitrogens is 1. The van der Waals surface area contributed by atoms with Gasteiger partial charge in [0.05, 0.1) is 17.8 Å². The van der Waals surface area contributed by atoms with Gasteiger partial charge in [0, 0.05) is 6.20 Å². The summed E-state index contributed by atoms with van der Waals surface area (Å²) in [6, 6.07) is 3.71. The lowest BCUT2D eigenvalue weighted by Gasteiger charge is -2.29. The lowest BCUT2D eigenvalue weighted by Crippen LogP contribution is -2.36. The SMILES string of the molecule is Nc1cccnc1NC1CCCCC1O. The van der Waals surface area contributed by atoms with Gasteiger partial charge in [-0.2, -0.15) is 0 Å². The first-order chi connectivity index (χ1) is 7.27. The van der Waals surface area contributed by atoms with Gasteiger partial charge in [0.15, 0.2) is 0 Å². The average Bonchev–Trinajstić information content (AvgIpc) is 2.24. The van der Waals surface area contributed by atoms with Crippen LogP contribution in [-0.2, 0) is 0 Å². The van der Waals surface area contributed by atoms with Gasteiger partial charge in [-0.1, -0.05) is 12.8 Å². The van der Waals surface area contributed by atoms with E-state index in [1.165, 1.54) is 0 Å². The fourth-order valence-electron chi connectivity index (χ4n) is 1.99. The molecule has 0 amide bonds. The fraction of sp³-hybridized carbons (Fsp3) is 0.545. The van der Waals surface area contributed by atoms with Crippen LogP contribution in [0.25, 0.3) is 0 Å². The van der Waals surface area contributed by atoms with Crippen LogP contribution in [0, 0.1) is 0 Å². The van der Waals surface area contributed by atoms with Crippen molar-refractivity contribution in [3.63, 3.8) is 0 Å². The quantitative estimate of drug-likeness (QED) is 0.685. The summed E-state index contributed by atoms with van der Waals surface area (Å²) in [6.07, 6.45) is 5.54. The number of aliphatic hydroxyl groups is 1. The van der Waals surface area contributed by atoms with Crippen LogP contribution in [0.3, 0.4) is 0 Å². The summed E-state index contributed by atoms with van der Waals surface area (Å²) < 4.78 is 0. The topological polar surface area (TPSA) is 71.2 Å². The van der Waals surface area contributed by atoms with Crippen LogP contribution in [0.4, 0.5) is 11.5 Å². The van der Waals surface area contributed by atoms with Gasteiger partial charge in [-0.15, -0.1) is 0 Å². The van der Waals surface area contributed by atoms with E-state index in [0.29, 0.717) is 11.5 Å². The molecule has 1 aliphatic carbocycles. The minimum absolute atomic E-state index is 0.0935. The van der Waals surface area contributed by atoms with Gasteiger partial charge in [0.25, 0.3) is 0 Å². The van der Waals surface area contributed by atoms with Crippen molar-refractivity contribution in [2.45, 2.75) is 37.8 Å². The number of nitrogens with zero attached hydrogens (tertiary/aromatic N) is 1. The maximum absolute atomic E-state index is 9.79. The van der Waals surface area contributed by atoms with Crippen LogP contribution in [0.5, 0.6) is 0 Å². The molecule has 0 aromatic carbocycles. The van der Waals surface area contributed by atoms with E-state index in [2.05, 4.69) is 10.3 Å². The first kappa shape index (κ1) is 10.2. The minimum atomic E-state index is -0.278. The molecule has 1 aromatic heterocycles. The van der Waals surface area contributed by atoms with Crippen LogP contribution in [0.15, 0.2) is 18.3 Å². The number of anilines is 2. The number of nitrogens with one attached hydrogen (secondary N) is 1. The zero-order valence-electron chi connectivity index (χ0n) is 8.69. The Labute approximate surface area is 89.5 Å². The predicted molar refractivity (Wildman–Crippen MR) is 60.5 cm³/mol. The summed E-state index contributed by atoms with van der Waals surface area (Å²) >= 11 is 0. The second-order valence-corrected chi connectivity index (χ2v) is 4.04. The summed E-state index contributed by atoms with van der Waals surface area (Å²) in [7, 11) is 0. The van der Waals surface area contributed by atoms with E-state index in [1.54, 1.807) is 12.3 Å². The van der Waals surface area contributed by atoms with E-state index < -0.39 is 0 Å². The summed E-state index contributed by atoms with van der Waals surface area (Å²) in [5, 5.41) is 13.0. The maximum Gasteiger partial charge on any atom is 0.149 e. The number of nitrogen functional groups attached to an aromatic ring is 1. The lowest BCUT2D eigenvalue weighted by atomic mass is 9.92. The van der Waals surface area contributed by atoms with Crippen molar-refractivity contribution in [3.8, 4) is 0 Å². The van der Waals surface area contributed by atoms with Gasteiger partial charge in [-0.25, -0.2) is 4.98 Å². The molecule has 1 aliphatic rings. The van der Waals surface area contributed by atoms with E-state index in [9.17, 15) is 5.11 Å².